The highest BCUT2D eigenvalue weighted by atomic mass is 16.5. The highest BCUT2D eigenvalue weighted by Gasteiger charge is 2.26. The number of nitrogens with one attached hydrogen (secondary N) is 1. The highest BCUT2D eigenvalue weighted by Crippen LogP contribution is 2.19. The predicted molar refractivity (Wildman–Crippen MR) is 95.7 cm³/mol. The van der Waals surface area contributed by atoms with Crippen molar-refractivity contribution in [3.63, 3.8) is 0 Å². The van der Waals surface area contributed by atoms with Gasteiger partial charge < -0.3 is 19.9 Å². The first-order chi connectivity index (χ1) is 12.4. The molecule has 1 aliphatic heterocycles. The van der Waals surface area contributed by atoms with E-state index in [1.165, 1.54) is 24.2 Å². The molecule has 1 fully saturated rings. The Bertz CT molecular complexity index is 692. The van der Waals surface area contributed by atoms with Crippen LogP contribution < -0.4 is 10.1 Å². The summed E-state index contributed by atoms with van der Waals surface area (Å²) in [6.07, 6.45) is 4.14. The molecule has 0 saturated carbocycles. The normalized spacial score (nSPS) is 16.5. The second-order valence-corrected chi connectivity index (χ2v) is 6.08. The molecule has 1 unspecified atom stereocenters. The van der Waals surface area contributed by atoms with Crippen LogP contribution in [0, 0.1) is 0 Å². The van der Waals surface area contributed by atoms with Crippen LogP contribution in [-0.2, 0) is 9.59 Å². The third kappa shape index (κ3) is 5.05. The summed E-state index contributed by atoms with van der Waals surface area (Å²) in [5.41, 5.74) is 0.276. The van der Waals surface area contributed by atoms with Crippen LogP contribution in [0.4, 0.5) is 0 Å². The molecule has 2 rings (SSSR count). The van der Waals surface area contributed by atoms with E-state index < -0.39 is 0 Å². The summed E-state index contributed by atoms with van der Waals surface area (Å²) in [7, 11) is 3.10. The number of rotatable bonds is 6. The van der Waals surface area contributed by atoms with Gasteiger partial charge in [0.05, 0.1) is 13.1 Å². The van der Waals surface area contributed by atoms with Gasteiger partial charge in [-0.2, -0.15) is 0 Å². The quantitative estimate of drug-likeness (QED) is 0.744. The lowest BCUT2D eigenvalue weighted by molar-refractivity contribution is -0.139. The van der Waals surface area contributed by atoms with Crippen molar-refractivity contribution in [3.05, 3.63) is 36.7 Å². The minimum atomic E-state index is -0.290. The molecule has 1 atom stereocenters. The summed E-state index contributed by atoms with van der Waals surface area (Å²) in [4.78, 5) is 42.6. The maximum atomic E-state index is 12.4. The Morgan fingerprint density at radius 1 is 1.50 bits per heavy atom. The molecule has 0 bridgehead atoms. The van der Waals surface area contributed by atoms with E-state index in [0.29, 0.717) is 18.8 Å². The molecule has 0 aliphatic carbocycles. The number of hydrogen-bond donors (Lipinski definition) is 1. The second-order valence-electron chi connectivity index (χ2n) is 6.08. The number of ether oxygens (including phenoxy) is 1. The van der Waals surface area contributed by atoms with E-state index in [9.17, 15) is 14.4 Å². The molecule has 1 aromatic rings. The molecule has 1 saturated heterocycles. The molecule has 1 aromatic heterocycles. The first-order valence-corrected chi connectivity index (χ1v) is 8.44. The van der Waals surface area contributed by atoms with E-state index in [2.05, 4.69) is 16.9 Å². The van der Waals surface area contributed by atoms with Gasteiger partial charge in [0.1, 0.15) is 17.5 Å². The van der Waals surface area contributed by atoms with Crippen molar-refractivity contribution in [3.8, 4) is 5.75 Å². The van der Waals surface area contributed by atoms with Gasteiger partial charge in [-0.1, -0.05) is 6.58 Å². The fourth-order valence-electron chi connectivity index (χ4n) is 2.73. The Balaban J connectivity index is 1.96. The van der Waals surface area contributed by atoms with Gasteiger partial charge in [-0.3, -0.25) is 19.4 Å². The number of pyridine rings is 1. The monoisotopic (exact) mass is 360 g/mol. The van der Waals surface area contributed by atoms with Gasteiger partial charge in [0, 0.05) is 32.9 Å². The number of nitrogens with zero attached hydrogens (tertiary/aromatic N) is 3. The number of likely N-dealkylation sites (N-methyl/N-ethyl adjacent to an activating group) is 1. The van der Waals surface area contributed by atoms with Crippen molar-refractivity contribution >= 4 is 17.7 Å². The van der Waals surface area contributed by atoms with E-state index in [0.717, 1.165) is 12.8 Å². The largest absolute Gasteiger partial charge is 0.488 e. The van der Waals surface area contributed by atoms with Gasteiger partial charge in [-0.25, -0.2) is 0 Å². The van der Waals surface area contributed by atoms with Crippen LogP contribution in [0.5, 0.6) is 5.75 Å². The van der Waals surface area contributed by atoms with Crippen LogP contribution in [0.3, 0.4) is 0 Å². The van der Waals surface area contributed by atoms with Gasteiger partial charge in [0.25, 0.3) is 5.91 Å². The van der Waals surface area contributed by atoms with Crippen LogP contribution in [0.25, 0.3) is 0 Å². The number of carbonyl (C=O) groups excluding carboxylic acids is 3. The van der Waals surface area contributed by atoms with Gasteiger partial charge in [-0.15, -0.1) is 0 Å². The first kappa shape index (κ1) is 19.4. The number of piperidine rings is 1. The molecule has 8 heteroatoms. The summed E-state index contributed by atoms with van der Waals surface area (Å²) in [6.45, 7) is 4.49. The predicted octanol–water partition coefficient (Wildman–Crippen LogP) is 0.455. The van der Waals surface area contributed by atoms with Crippen molar-refractivity contribution in [1.82, 2.24) is 20.1 Å². The molecule has 2 heterocycles. The molecule has 1 N–H and O–H groups in total. The molecule has 0 spiro atoms. The average Bonchev–Trinajstić information content (AvgIpc) is 2.66. The van der Waals surface area contributed by atoms with E-state index in [1.807, 2.05) is 0 Å². The molecule has 8 nitrogen and oxygen atoms in total. The van der Waals surface area contributed by atoms with Crippen molar-refractivity contribution < 1.29 is 19.1 Å². The van der Waals surface area contributed by atoms with Crippen LogP contribution in [-0.4, -0.2) is 72.3 Å². The minimum absolute atomic E-state index is 0.00759. The number of carbonyl (C=O) groups is 3. The second kappa shape index (κ2) is 8.98. The summed E-state index contributed by atoms with van der Waals surface area (Å²) < 4.78 is 5.93. The lowest BCUT2D eigenvalue weighted by Crippen LogP contribution is -2.48. The lowest BCUT2D eigenvalue weighted by atomic mass is 10.1. The molecule has 3 amide bonds. The molecular formula is C18H24N4O4. The Morgan fingerprint density at radius 3 is 2.96 bits per heavy atom. The van der Waals surface area contributed by atoms with Crippen LogP contribution in [0.2, 0.25) is 0 Å². The zero-order chi connectivity index (χ0) is 19.1. The SMILES string of the molecule is C=CC(=O)N(C)CC(=O)N1CCCC(Oc2ccnc(C(=O)NC)c2)C1. The Hall–Kier alpha value is -2.90. The van der Waals surface area contributed by atoms with Gasteiger partial charge in [0.15, 0.2) is 0 Å². The highest BCUT2D eigenvalue weighted by molar-refractivity contribution is 5.92. The third-order valence-corrected chi connectivity index (χ3v) is 4.15. The van der Waals surface area contributed by atoms with Crippen LogP contribution in [0.15, 0.2) is 31.0 Å². The molecular weight excluding hydrogens is 336 g/mol. The number of aromatic nitrogens is 1. The molecule has 26 heavy (non-hydrogen) atoms. The Labute approximate surface area is 152 Å². The molecule has 140 valence electrons. The minimum Gasteiger partial charge on any atom is -0.488 e. The Morgan fingerprint density at radius 2 is 2.27 bits per heavy atom. The molecule has 0 radical (unpaired) electrons. The van der Waals surface area contributed by atoms with Crippen molar-refractivity contribution in [1.29, 1.82) is 0 Å². The fraction of sp³-hybridized carbons (Fsp3) is 0.444. The third-order valence-electron chi connectivity index (χ3n) is 4.15. The summed E-state index contributed by atoms with van der Waals surface area (Å²) >= 11 is 0. The van der Waals surface area contributed by atoms with Gasteiger partial charge >= 0.3 is 0 Å². The smallest absolute Gasteiger partial charge is 0.269 e. The average molecular weight is 360 g/mol. The van der Waals surface area contributed by atoms with E-state index in [-0.39, 0.29) is 36.1 Å². The van der Waals surface area contributed by atoms with E-state index >= 15 is 0 Å². The number of likely N-dealkylation sites (tertiary alicyclic amines) is 1. The lowest BCUT2D eigenvalue weighted by Gasteiger charge is -2.33. The maximum Gasteiger partial charge on any atom is 0.269 e. The fourth-order valence-corrected chi connectivity index (χ4v) is 2.73. The van der Waals surface area contributed by atoms with Crippen molar-refractivity contribution in [2.75, 3.05) is 33.7 Å². The summed E-state index contributed by atoms with van der Waals surface area (Å²) in [6, 6.07) is 3.26. The summed E-state index contributed by atoms with van der Waals surface area (Å²) in [5.74, 6) is -0.166. The standard InChI is InChI=1S/C18H24N4O4/c1-4-16(23)21(3)12-17(24)22-9-5-6-14(11-22)26-13-7-8-20-15(10-13)18(25)19-2/h4,7-8,10,14H,1,5-6,9,11-12H2,2-3H3,(H,19,25). The van der Waals surface area contributed by atoms with Crippen molar-refractivity contribution in [2.45, 2.75) is 18.9 Å². The topological polar surface area (TPSA) is 91.8 Å². The van der Waals surface area contributed by atoms with E-state index in [4.69, 9.17) is 4.74 Å². The molecule has 1 aliphatic rings. The Kier molecular flexibility index (Phi) is 6.71. The number of amides is 3. The van der Waals surface area contributed by atoms with Gasteiger partial charge in [0.2, 0.25) is 11.8 Å². The first-order valence-electron chi connectivity index (χ1n) is 8.44. The van der Waals surface area contributed by atoms with Crippen molar-refractivity contribution in [2.24, 2.45) is 0 Å². The van der Waals surface area contributed by atoms with Crippen LogP contribution >= 0.6 is 0 Å². The summed E-state index contributed by atoms with van der Waals surface area (Å²) in [5, 5.41) is 2.52. The number of hydrogen-bond acceptors (Lipinski definition) is 5. The van der Waals surface area contributed by atoms with Gasteiger partial charge in [-0.05, 0) is 25.0 Å². The zero-order valence-electron chi connectivity index (χ0n) is 15.1. The maximum absolute atomic E-state index is 12.4. The zero-order valence-corrected chi connectivity index (χ0v) is 15.1. The molecule has 0 aromatic carbocycles. The van der Waals surface area contributed by atoms with E-state index in [1.54, 1.807) is 24.1 Å². The van der Waals surface area contributed by atoms with Crippen LogP contribution in [0.1, 0.15) is 23.3 Å².